The number of hydrogen-bond donors (Lipinski definition) is 2. The lowest BCUT2D eigenvalue weighted by Crippen LogP contribution is -2.07. The minimum absolute atomic E-state index is 0.0332. The highest BCUT2D eigenvalue weighted by atomic mass is 32.1. The standard InChI is InChI=1S/C24H21F2N3O3S/c1-2-32-19-12-20(33-22(19)24(30)31)18-11-21(29-13-28-18)27-10-9-14-7-8-17(23(25)26)16-6-4-3-5-15(14)16/h3-8,11-13,23H,2,9-10H2,1H3,(H,30,31)(H,27,28,29). The predicted octanol–water partition coefficient (Wildman–Crippen LogP) is 6.05. The number of alkyl halides is 2. The van der Waals surface area contributed by atoms with Crippen LogP contribution in [0.15, 0.2) is 54.9 Å². The van der Waals surface area contributed by atoms with Crippen molar-refractivity contribution >= 4 is 33.9 Å². The third-order valence-electron chi connectivity index (χ3n) is 5.10. The third-order valence-corrected chi connectivity index (χ3v) is 6.22. The zero-order valence-corrected chi connectivity index (χ0v) is 18.5. The van der Waals surface area contributed by atoms with Crippen LogP contribution in [-0.2, 0) is 6.42 Å². The van der Waals surface area contributed by atoms with Gasteiger partial charge in [-0.15, -0.1) is 11.3 Å². The Morgan fingerprint density at radius 1 is 1.15 bits per heavy atom. The third kappa shape index (κ3) is 4.93. The zero-order valence-electron chi connectivity index (χ0n) is 17.7. The zero-order chi connectivity index (χ0) is 23.4. The fourth-order valence-corrected chi connectivity index (χ4v) is 4.53. The van der Waals surface area contributed by atoms with Crippen LogP contribution < -0.4 is 10.1 Å². The summed E-state index contributed by atoms with van der Waals surface area (Å²) in [5.41, 5.74) is 1.58. The van der Waals surface area contributed by atoms with Gasteiger partial charge in [-0.25, -0.2) is 23.5 Å². The molecule has 0 spiro atoms. The van der Waals surface area contributed by atoms with Gasteiger partial charge >= 0.3 is 5.97 Å². The van der Waals surface area contributed by atoms with E-state index in [2.05, 4.69) is 15.3 Å². The van der Waals surface area contributed by atoms with Crippen molar-refractivity contribution in [3.8, 4) is 16.3 Å². The molecule has 170 valence electrons. The number of benzene rings is 2. The molecule has 9 heteroatoms. The van der Waals surface area contributed by atoms with Crippen molar-refractivity contribution in [2.45, 2.75) is 19.8 Å². The quantitative estimate of drug-likeness (QED) is 0.311. The second-order valence-electron chi connectivity index (χ2n) is 7.17. The van der Waals surface area contributed by atoms with Gasteiger partial charge in [-0.2, -0.15) is 0 Å². The Hall–Kier alpha value is -3.59. The number of halogens is 2. The van der Waals surface area contributed by atoms with Crippen LogP contribution in [0.25, 0.3) is 21.3 Å². The molecule has 0 radical (unpaired) electrons. The number of carboxylic acid groups (broad SMARTS) is 1. The maximum Gasteiger partial charge on any atom is 0.349 e. The van der Waals surface area contributed by atoms with E-state index >= 15 is 0 Å². The average Bonchev–Trinajstić information content (AvgIpc) is 3.24. The van der Waals surface area contributed by atoms with Gasteiger partial charge < -0.3 is 15.2 Å². The molecule has 0 unspecified atom stereocenters. The molecule has 2 N–H and O–H groups in total. The topological polar surface area (TPSA) is 84.3 Å². The summed E-state index contributed by atoms with van der Waals surface area (Å²) >= 11 is 1.09. The second kappa shape index (κ2) is 9.91. The SMILES string of the molecule is CCOc1cc(-c2cc(NCCc3ccc(C(F)F)c4ccccc34)ncn2)sc1C(=O)O. The van der Waals surface area contributed by atoms with Crippen molar-refractivity contribution in [2.75, 3.05) is 18.5 Å². The summed E-state index contributed by atoms with van der Waals surface area (Å²) in [6.07, 6.45) is -0.506. The van der Waals surface area contributed by atoms with E-state index < -0.39 is 12.4 Å². The lowest BCUT2D eigenvalue weighted by atomic mass is 9.98. The molecule has 0 saturated heterocycles. The first-order valence-corrected chi connectivity index (χ1v) is 11.1. The molecular formula is C24H21F2N3O3S. The van der Waals surface area contributed by atoms with Gasteiger partial charge in [0.05, 0.1) is 17.2 Å². The number of anilines is 1. The predicted molar refractivity (Wildman–Crippen MR) is 125 cm³/mol. The molecule has 0 amide bonds. The number of aromatic carboxylic acids is 1. The number of carbonyl (C=O) groups is 1. The molecule has 6 nitrogen and oxygen atoms in total. The van der Waals surface area contributed by atoms with Gasteiger partial charge in [0.25, 0.3) is 6.43 Å². The summed E-state index contributed by atoms with van der Waals surface area (Å²) in [4.78, 5) is 20.8. The summed E-state index contributed by atoms with van der Waals surface area (Å²) in [6.45, 7) is 2.68. The number of hydrogen-bond acceptors (Lipinski definition) is 6. The Labute approximate surface area is 192 Å². The van der Waals surface area contributed by atoms with Gasteiger partial charge in [-0.1, -0.05) is 36.4 Å². The molecule has 33 heavy (non-hydrogen) atoms. The molecule has 0 aliphatic rings. The largest absolute Gasteiger partial charge is 0.492 e. The molecule has 0 aliphatic heterocycles. The highest BCUT2D eigenvalue weighted by Crippen LogP contribution is 2.36. The van der Waals surface area contributed by atoms with Crippen LogP contribution in [0.5, 0.6) is 5.75 Å². The van der Waals surface area contributed by atoms with Crippen molar-refractivity contribution < 1.29 is 23.4 Å². The van der Waals surface area contributed by atoms with Crippen LogP contribution in [0, 0.1) is 0 Å². The summed E-state index contributed by atoms with van der Waals surface area (Å²) in [7, 11) is 0. The molecule has 2 heterocycles. The number of nitrogens with one attached hydrogen (secondary N) is 1. The molecular weight excluding hydrogens is 448 g/mol. The number of nitrogens with zero attached hydrogens (tertiary/aromatic N) is 2. The van der Waals surface area contributed by atoms with E-state index in [1.807, 2.05) is 12.1 Å². The van der Waals surface area contributed by atoms with Gasteiger partial charge in [0.2, 0.25) is 0 Å². The van der Waals surface area contributed by atoms with E-state index in [9.17, 15) is 18.7 Å². The van der Waals surface area contributed by atoms with Crippen molar-refractivity contribution in [1.29, 1.82) is 0 Å². The Kier molecular flexibility index (Phi) is 6.79. The van der Waals surface area contributed by atoms with Gasteiger partial charge in [-0.3, -0.25) is 0 Å². The summed E-state index contributed by atoms with van der Waals surface area (Å²) in [6, 6.07) is 13.8. The van der Waals surface area contributed by atoms with Crippen molar-refractivity contribution in [3.05, 3.63) is 70.9 Å². The molecule has 0 fully saturated rings. The molecule has 0 bridgehead atoms. The van der Waals surface area contributed by atoms with Crippen molar-refractivity contribution in [2.24, 2.45) is 0 Å². The summed E-state index contributed by atoms with van der Waals surface area (Å²) < 4.78 is 32.1. The first kappa shape index (κ1) is 22.6. The second-order valence-corrected chi connectivity index (χ2v) is 8.22. The smallest absolute Gasteiger partial charge is 0.349 e. The normalized spacial score (nSPS) is 11.2. The highest BCUT2D eigenvalue weighted by Gasteiger charge is 2.18. The van der Waals surface area contributed by atoms with Crippen LogP contribution in [0.4, 0.5) is 14.6 Å². The number of ether oxygens (including phenoxy) is 1. The Morgan fingerprint density at radius 2 is 1.94 bits per heavy atom. The Bertz CT molecular complexity index is 1290. The summed E-state index contributed by atoms with van der Waals surface area (Å²) in [5.74, 6) is -0.152. The lowest BCUT2D eigenvalue weighted by Gasteiger charge is -2.12. The molecule has 0 saturated carbocycles. The van der Waals surface area contributed by atoms with Gasteiger partial charge in [0, 0.05) is 24.2 Å². The highest BCUT2D eigenvalue weighted by molar-refractivity contribution is 7.17. The van der Waals surface area contributed by atoms with E-state index in [0.29, 0.717) is 47.1 Å². The van der Waals surface area contributed by atoms with Crippen molar-refractivity contribution in [1.82, 2.24) is 9.97 Å². The fraction of sp³-hybridized carbons (Fsp3) is 0.208. The maximum absolute atomic E-state index is 13.3. The molecule has 4 rings (SSSR count). The fourth-order valence-electron chi connectivity index (χ4n) is 3.62. The number of carboxylic acids is 1. The number of thiophene rings is 1. The Balaban J connectivity index is 1.50. The molecule has 0 aliphatic carbocycles. The van der Waals surface area contributed by atoms with Crippen LogP contribution in [0.1, 0.15) is 34.1 Å². The van der Waals surface area contributed by atoms with Crippen molar-refractivity contribution in [3.63, 3.8) is 0 Å². The minimum Gasteiger partial charge on any atom is -0.492 e. The molecule has 0 atom stereocenters. The van der Waals surface area contributed by atoms with E-state index in [1.54, 1.807) is 37.3 Å². The van der Waals surface area contributed by atoms with E-state index in [4.69, 9.17) is 4.74 Å². The number of fused-ring (bicyclic) bond motifs is 1. The van der Waals surface area contributed by atoms with E-state index in [0.717, 1.165) is 22.3 Å². The van der Waals surface area contributed by atoms with Gasteiger partial charge in [0.1, 0.15) is 17.9 Å². The first-order chi connectivity index (χ1) is 16.0. The monoisotopic (exact) mass is 469 g/mol. The molecule has 2 aromatic carbocycles. The van der Waals surface area contributed by atoms with E-state index in [-0.39, 0.29) is 10.4 Å². The van der Waals surface area contributed by atoms with Crippen LogP contribution in [0.2, 0.25) is 0 Å². The number of rotatable bonds is 9. The Morgan fingerprint density at radius 3 is 2.67 bits per heavy atom. The minimum atomic E-state index is -2.52. The molecule has 4 aromatic rings. The lowest BCUT2D eigenvalue weighted by molar-refractivity contribution is 0.0698. The molecule has 2 aromatic heterocycles. The van der Waals surface area contributed by atoms with Crippen LogP contribution in [0.3, 0.4) is 0 Å². The van der Waals surface area contributed by atoms with Crippen LogP contribution >= 0.6 is 11.3 Å². The average molecular weight is 470 g/mol. The van der Waals surface area contributed by atoms with E-state index in [1.165, 1.54) is 12.4 Å². The summed E-state index contributed by atoms with van der Waals surface area (Å²) in [5, 5.41) is 14.0. The number of aromatic nitrogens is 2. The first-order valence-electron chi connectivity index (χ1n) is 10.3. The van der Waals surface area contributed by atoms with Gasteiger partial charge in [-0.05, 0) is 29.7 Å². The van der Waals surface area contributed by atoms with Gasteiger partial charge in [0.15, 0.2) is 4.88 Å². The van der Waals surface area contributed by atoms with Crippen LogP contribution in [-0.4, -0.2) is 34.2 Å². The maximum atomic E-state index is 13.3.